The molecule has 15 heavy (non-hydrogen) atoms. The summed E-state index contributed by atoms with van der Waals surface area (Å²) in [6.07, 6.45) is 0. The Morgan fingerprint density at radius 1 is 1.47 bits per heavy atom. The molecule has 1 aromatic rings. The Kier molecular flexibility index (Phi) is 3.99. The van der Waals surface area contributed by atoms with Crippen molar-refractivity contribution in [3.05, 3.63) is 17.3 Å². The summed E-state index contributed by atoms with van der Waals surface area (Å²) in [5, 5.41) is 5.68. The normalized spacial score (nSPS) is 9.67. The maximum Gasteiger partial charge on any atom is 0.312 e. The lowest BCUT2D eigenvalue weighted by atomic mass is 10.4. The first-order chi connectivity index (χ1) is 7.08. The van der Waals surface area contributed by atoms with E-state index in [0.29, 0.717) is 29.7 Å². The van der Waals surface area contributed by atoms with Gasteiger partial charge < -0.3 is 22.1 Å². The number of halogens is 1. The highest BCUT2D eigenvalue weighted by molar-refractivity contribution is 6.29. The van der Waals surface area contributed by atoms with E-state index in [1.165, 1.54) is 0 Å². The van der Waals surface area contributed by atoms with Crippen LogP contribution in [0, 0.1) is 0 Å². The number of hydrogen-bond donors (Lipinski definition) is 4. The number of carbonyl (C=O) groups is 1. The highest BCUT2D eigenvalue weighted by Crippen LogP contribution is 2.15. The van der Waals surface area contributed by atoms with Crippen LogP contribution in [0.4, 0.5) is 16.3 Å². The third kappa shape index (κ3) is 4.37. The Morgan fingerprint density at radius 3 is 2.80 bits per heavy atom. The summed E-state index contributed by atoms with van der Waals surface area (Å²) < 4.78 is 0. The van der Waals surface area contributed by atoms with Crippen LogP contribution < -0.4 is 22.1 Å². The van der Waals surface area contributed by atoms with E-state index in [-0.39, 0.29) is 0 Å². The molecule has 0 aliphatic rings. The number of rotatable bonds is 4. The van der Waals surface area contributed by atoms with Crippen molar-refractivity contribution >= 4 is 29.1 Å². The minimum Gasteiger partial charge on any atom is -0.399 e. The maximum atomic E-state index is 10.3. The van der Waals surface area contributed by atoms with Crippen LogP contribution in [0.3, 0.4) is 0 Å². The van der Waals surface area contributed by atoms with Gasteiger partial charge in [0.2, 0.25) is 0 Å². The molecule has 6 N–H and O–H groups in total. The highest BCUT2D eigenvalue weighted by Gasteiger charge is 1.98. The lowest BCUT2D eigenvalue weighted by Gasteiger charge is -2.06. The molecule has 0 aliphatic heterocycles. The minimum atomic E-state index is -0.560. The quantitative estimate of drug-likeness (QED) is 0.443. The number of urea groups is 1. The van der Waals surface area contributed by atoms with Gasteiger partial charge in [0.25, 0.3) is 0 Å². The molecule has 2 amide bonds. The molecule has 6 nitrogen and oxygen atoms in total. The molecule has 0 saturated heterocycles. The molecule has 0 radical (unpaired) electrons. The van der Waals surface area contributed by atoms with Gasteiger partial charge in [-0.2, -0.15) is 0 Å². The predicted octanol–water partition coefficient (Wildman–Crippen LogP) is 0.397. The van der Waals surface area contributed by atoms with Crippen molar-refractivity contribution in [3.8, 4) is 0 Å². The first-order valence-corrected chi connectivity index (χ1v) is 4.66. The van der Waals surface area contributed by atoms with Crippen LogP contribution in [0.1, 0.15) is 0 Å². The zero-order chi connectivity index (χ0) is 11.3. The molecule has 1 heterocycles. The molecule has 1 rings (SSSR count). The summed E-state index contributed by atoms with van der Waals surface area (Å²) >= 11 is 5.69. The molecule has 0 spiro atoms. The number of amides is 2. The molecule has 0 aromatic carbocycles. The molecule has 0 saturated carbocycles. The van der Waals surface area contributed by atoms with E-state index in [1.54, 1.807) is 12.1 Å². The second-order valence-corrected chi connectivity index (χ2v) is 3.21. The van der Waals surface area contributed by atoms with E-state index in [1.807, 2.05) is 0 Å². The van der Waals surface area contributed by atoms with Gasteiger partial charge in [-0.1, -0.05) is 11.6 Å². The van der Waals surface area contributed by atoms with E-state index in [4.69, 9.17) is 23.1 Å². The summed E-state index contributed by atoms with van der Waals surface area (Å²) in [6, 6.07) is 2.64. The predicted molar refractivity (Wildman–Crippen MR) is 59.7 cm³/mol. The lowest BCUT2D eigenvalue weighted by Crippen LogP contribution is -2.33. The molecule has 0 bridgehead atoms. The number of nitrogens with one attached hydrogen (secondary N) is 2. The topological polar surface area (TPSA) is 106 Å². The van der Waals surface area contributed by atoms with Gasteiger partial charge >= 0.3 is 6.03 Å². The number of anilines is 2. The van der Waals surface area contributed by atoms with Crippen molar-refractivity contribution in [1.82, 2.24) is 10.3 Å². The second kappa shape index (κ2) is 5.26. The fourth-order valence-electron chi connectivity index (χ4n) is 0.984. The number of pyridine rings is 1. The first kappa shape index (κ1) is 11.4. The summed E-state index contributed by atoms with van der Waals surface area (Å²) in [7, 11) is 0. The van der Waals surface area contributed by atoms with E-state index < -0.39 is 6.03 Å². The van der Waals surface area contributed by atoms with E-state index in [0.717, 1.165) is 0 Å². The van der Waals surface area contributed by atoms with Crippen LogP contribution in [0.2, 0.25) is 5.15 Å². The Hall–Kier alpha value is -1.69. The molecule has 0 fully saturated rings. The zero-order valence-electron chi connectivity index (χ0n) is 7.96. The number of nitrogens with zero attached hydrogens (tertiary/aromatic N) is 1. The summed E-state index contributed by atoms with van der Waals surface area (Å²) in [6.45, 7) is 0.902. The van der Waals surface area contributed by atoms with Crippen LogP contribution in [-0.4, -0.2) is 24.1 Å². The molecular formula is C8H12ClN5O. The monoisotopic (exact) mass is 229 g/mol. The van der Waals surface area contributed by atoms with E-state index >= 15 is 0 Å². The average Bonchev–Trinajstić information content (AvgIpc) is 2.10. The smallest absolute Gasteiger partial charge is 0.312 e. The molecule has 82 valence electrons. The number of nitrogen functional groups attached to an aromatic ring is 1. The second-order valence-electron chi connectivity index (χ2n) is 2.83. The first-order valence-electron chi connectivity index (χ1n) is 4.28. The van der Waals surface area contributed by atoms with Crippen molar-refractivity contribution in [2.75, 3.05) is 24.1 Å². The van der Waals surface area contributed by atoms with E-state index in [9.17, 15) is 4.79 Å². The summed E-state index contributed by atoms with van der Waals surface area (Å²) in [5.41, 5.74) is 11.0. The van der Waals surface area contributed by atoms with Crippen LogP contribution in [0.5, 0.6) is 0 Å². The Bertz CT molecular complexity index is 337. The molecular weight excluding hydrogens is 218 g/mol. The number of carbonyl (C=O) groups excluding carboxylic acids is 1. The van der Waals surface area contributed by atoms with Gasteiger partial charge in [-0.25, -0.2) is 9.78 Å². The Morgan fingerprint density at radius 2 is 2.20 bits per heavy atom. The molecule has 0 aliphatic carbocycles. The van der Waals surface area contributed by atoms with Crippen molar-refractivity contribution in [1.29, 1.82) is 0 Å². The Labute approximate surface area is 92.0 Å². The van der Waals surface area contributed by atoms with Gasteiger partial charge in [0.1, 0.15) is 11.0 Å². The zero-order valence-corrected chi connectivity index (χ0v) is 8.71. The van der Waals surface area contributed by atoms with Crippen molar-refractivity contribution in [2.24, 2.45) is 5.73 Å². The van der Waals surface area contributed by atoms with Gasteiger partial charge in [0, 0.05) is 24.8 Å². The van der Waals surface area contributed by atoms with Crippen molar-refractivity contribution in [2.45, 2.75) is 0 Å². The third-order valence-corrected chi connectivity index (χ3v) is 1.74. The number of nitrogens with two attached hydrogens (primary N) is 2. The fourth-order valence-corrected chi connectivity index (χ4v) is 1.20. The number of hydrogen-bond acceptors (Lipinski definition) is 4. The SMILES string of the molecule is NC(=O)NCCNc1cc(N)cc(Cl)n1. The van der Waals surface area contributed by atoms with Gasteiger partial charge in [-0.3, -0.25) is 0 Å². The lowest BCUT2D eigenvalue weighted by molar-refractivity contribution is 0.249. The van der Waals surface area contributed by atoms with Crippen molar-refractivity contribution < 1.29 is 4.79 Å². The molecule has 0 atom stereocenters. The molecule has 1 aromatic heterocycles. The highest BCUT2D eigenvalue weighted by atomic mass is 35.5. The largest absolute Gasteiger partial charge is 0.399 e. The number of primary amides is 1. The van der Waals surface area contributed by atoms with Crippen LogP contribution >= 0.6 is 11.6 Å². The van der Waals surface area contributed by atoms with Crippen LogP contribution in [0.25, 0.3) is 0 Å². The van der Waals surface area contributed by atoms with Crippen LogP contribution in [-0.2, 0) is 0 Å². The van der Waals surface area contributed by atoms with Gasteiger partial charge in [0.15, 0.2) is 0 Å². The van der Waals surface area contributed by atoms with Crippen molar-refractivity contribution in [3.63, 3.8) is 0 Å². The maximum absolute atomic E-state index is 10.3. The van der Waals surface area contributed by atoms with Gasteiger partial charge in [-0.05, 0) is 6.07 Å². The molecule has 7 heteroatoms. The summed E-state index contributed by atoms with van der Waals surface area (Å²) in [4.78, 5) is 14.3. The molecule has 0 unspecified atom stereocenters. The number of aromatic nitrogens is 1. The standard InChI is InChI=1S/C8H12ClN5O/c9-6-3-5(10)4-7(14-6)12-1-2-13-8(11)15/h3-4H,1-2H2,(H3,10,12,14)(H3,11,13,15). The Balaban J connectivity index is 2.40. The van der Waals surface area contributed by atoms with Crippen LogP contribution in [0.15, 0.2) is 12.1 Å². The van der Waals surface area contributed by atoms with Gasteiger partial charge in [-0.15, -0.1) is 0 Å². The van der Waals surface area contributed by atoms with E-state index in [2.05, 4.69) is 15.6 Å². The van der Waals surface area contributed by atoms with Gasteiger partial charge in [0.05, 0.1) is 0 Å². The average molecular weight is 230 g/mol. The summed E-state index contributed by atoms with van der Waals surface area (Å²) in [5.74, 6) is 0.561. The third-order valence-electron chi connectivity index (χ3n) is 1.55. The fraction of sp³-hybridized carbons (Fsp3) is 0.250. The minimum absolute atomic E-state index is 0.320.